The van der Waals surface area contributed by atoms with Gasteiger partial charge >= 0.3 is 0 Å². The third kappa shape index (κ3) is 1.17. The molecule has 0 aliphatic carbocycles. The summed E-state index contributed by atoms with van der Waals surface area (Å²) in [5, 5.41) is 18.1. The van der Waals surface area contributed by atoms with Gasteiger partial charge in [0, 0.05) is 5.92 Å². The second kappa shape index (κ2) is 2.86. The molecule has 1 aliphatic heterocycles. The van der Waals surface area contributed by atoms with Gasteiger partial charge < -0.3 is 14.9 Å². The molecule has 1 aliphatic rings. The minimum atomic E-state index is -0.419. The zero-order valence-electron chi connectivity index (χ0n) is 6.32. The normalized spacial score (nSPS) is 48.0. The molecule has 4 atom stereocenters. The summed E-state index contributed by atoms with van der Waals surface area (Å²) in [5.41, 5.74) is 0. The van der Waals surface area contributed by atoms with Crippen molar-refractivity contribution in [1.29, 1.82) is 0 Å². The first kappa shape index (κ1) is 7.98. The summed E-state index contributed by atoms with van der Waals surface area (Å²) < 4.78 is 5.23. The lowest BCUT2D eigenvalue weighted by Gasteiger charge is -2.11. The van der Waals surface area contributed by atoms with Gasteiger partial charge in [0.2, 0.25) is 0 Å². The molecule has 0 unspecified atom stereocenters. The highest BCUT2D eigenvalue weighted by Crippen LogP contribution is 2.25. The van der Waals surface area contributed by atoms with Gasteiger partial charge in [-0.3, -0.25) is 0 Å². The number of rotatable bonds is 1. The topological polar surface area (TPSA) is 49.7 Å². The molecule has 0 aromatic heterocycles. The fourth-order valence-electron chi connectivity index (χ4n) is 1.34. The second-order valence-electron chi connectivity index (χ2n) is 2.91. The second-order valence-corrected chi connectivity index (χ2v) is 2.91. The Hall–Kier alpha value is -0.120. The molecule has 1 heterocycles. The summed E-state index contributed by atoms with van der Waals surface area (Å²) in [6, 6.07) is 0. The zero-order chi connectivity index (χ0) is 7.72. The van der Waals surface area contributed by atoms with E-state index in [0.29, 0.717) is 0 Å². The Kier molecular flexibility index (Phi) is 2.28. The van der Waals surface area contributed by atoms with Gasteiger partial charge in [-0.1, -0.05) is 6.92 Å². The van der Waals surface area contributed by atoms with Crippen LogP contribution in [0.5, 0.6) is 0 Å². The summed E-state index contributed by atoms with van der Waals surface area (Å²) in [6.45, 7) is 3.70. The molecule has 2 N–H and O–H groups in total. The van der Waals surface area contributed by atoms with Crippen LogP contribution in [0.15, 0.2) is 0 Å². The average molecular weight is 146 g/mol. The SMILES string of the molecule is C[C@H]1[C@@H](O)[C@H](C)O[C@@H]1CO. The Morgan fingerprint density at radius 1 is 1.40 bits per heavy atom. The summed E-state index contributed by atoms with van der Waals surface area (Å²) in [4.78, 5) is 0. The van der Waals surface area contributed by atoms with Crippen LogP contribution < -0.4 is 0 Å². The first-order valence-electron chi connectivity index (χ1n) is 3.61. The van der Waals surface area contributed by atoms with Gasteiger partial charge in [-0.15, -0.1) is 0 Å². The highest BCUT2D eigenvalue weighted by atomic mass is 16.5. The van der Waals surface area contributed by atoms with Gasteiger partial charge in [0.1, 0.15) is 0 Å². The van der Waals surface area contributed by atoms with Gasteiger partial charge in [-0.2, -0.15) is 0 Å². The number of hydrogen-bond acceptors (Lipinski definition) is 3. The van der Waals surface area contributed by atoms with Gasteiger partial charge in [-0.25, -0.2) is 0 Å². The van der Waals surface area contributed by atoms with Crippen LogP contribution in [0.25, 0.3) is 0 Å². The predicted molar refractivity (Wildman–Crippen MR) is 36.6 cm³/mol. The molecule has 10 heavy (non-hydrogen) atoms. The molecule has 3 heteroatoms. The van der Waals surface area contributed by atoms with E-state index in [2.05, 4.69) is 0 Å². The molecule has 0 aromatic carbocycles. The summed E-state index contributed by atoms with van der Waals surface area (Å²) >= 11 is 0. The van der Waals surface area contributed by atoms with E-state index in [1.165, 1.54) is 0 Å². The molecule has 0 spiro atoms. The van der Waals surface area contributed by atoms with E-state index < -0.39 is 6.10 Å². The van der Waals surface area contributed by atoms with Gasteiger partial charge in [0.05, 0.1) is 24.9 Å². The smallest absolute Gasteiger partial charge is 0.0861 e. The van der Waals surface area contributed by atoms with Crippen molar-refractivity contribution >= 4 is 0 Å². The van der Waals surface area contributed by atoms with E-state index in [-0.39, 0.29) is 24.7 Å². The third-order valence-corrected chi connectivity index (χ3v) is 2.18. The Labute approximate surface area is 60.6 Å². The molecule has 0 aromatic rings. The number of ether oxygens (including phenoxy) is 1. The van der Waals surface area contributed by atoms with Crippen LogP contribution in [-0.4, -0.2) is 35.1 Å². The Balaban J connectivity index is 2.53. The van der Waals surface area contributed by atoms with Crippen LogP contribution in [0.2, 0.25) is 0 Å². The molecular weight excluding hydrogens is 132 g/mol. The van der Waals surface area contributed by atoms with Crippen LogP contribution in [-0.2, 0) is 4.74 Å². The van der Waals surface area contributed by atoms with E-state index in [1.54, 1.807) is 0 Å². The molecular formula is C7H14O3. The van der Waals surface area contributed by atoms with Crippen molar-refractivity contribution < 1.29 is 14.9 Å². The van der Waals surface area contributed by atoms with Crippen molar-refractivity contribution in [1.82, 2.24) is 0 Å². The van der Waals surface area contributed by atoms with Crippen LogP contribution in [0.1, 0.15) is 13.8 Å². The summed E-state index contributed by atoms with van der Waals surface area (Å²) in [7, 11) is 0. The molecule has 0 bridgehead atoms. The highest BCUT2D eigenvalue weighted by Gasteiger charge is 2.37. The van der Waals surface area contributed by atoms with E-state index in [9.17, 15) is 5.11 Å². The van der Waals surface area contributed by atoms with Crippen LogP contribution in [0.4, 0.5) is 0 Å². The molecule has 0 saturated carbocycles. The fourth-order valence-corrected chi connectivity index (χ4v) is 1.34. The molecule has 0 amide bonds. The Morgan fingerprint density at radius 3 is 2.20 bits per heavy atom. The summed E-state index contributed by atoms with van der Waals surface area (Å²) in [6.07, 6.45) is -0.728. The quantitative estimate of drug-likeness (QED) is 0.537. The van der Waals surface area contributed by atoms with Crippen molar-refractivity contribution in [2.24, 2.45) is 5.92 Å². The minimum Gasteiger partial charge on any atom is -0.394 e. The number of aliphatic hydroxyl groups is 2. The van der Waals surface area contributed by atoms with Crippen LogP contribution >= 0.6 is 0 Å². The maximum Gasteiger partial charge on any atom is 0.0861 e. The van der Waals surface area contributed by atoms with Crippen molar-refractivity contribution in [2.45, 2.75) is 32.2 Å². The molecule has 60 valence electrons. The van der Waals surface area contributed by atoms with Gasteiger partial charge in [-0.05, 0) is 6.92 Å². The van der Waals surface area contributed by atoms with Crippen molar-refractivity contribution in [3.8, 4) is 0 Å². The minimum absolute atomic E-state index is 0.00255. The first-order valence-corrected chi connectivity index (χ1v) is 3.61. The van der Waals surface area contributed by atoms with Crippen molar-refractivity contribution in [3.05, 3.63) is 0 Å². The molecule has 1 fully saturated rings. The highest BCUT2D eigenvalue weighted by molar-refractivity contribution is 4.84. The molecule has 1 rings (SSSR count). The molecule has 3 nitrogen and oxygen atoms in total. The van der Waals surface area contributed by atoms with Gasteiger partial charge in [0.15, 0.2) is 0 Å². The van der Waals surface area contributed by atoms with E-state index >= 15 is 0 Å². The average Bonchev–Trinajstić information content (AvgIpc) is 2.17. The maximum atomic E-state index is 9.33. The fraction of sp³-hybridized carbons (Fsp3) is 1.00. The van der Waals surface area contributed by atoms with Crippen LogP contribution in [0, 0.1) is 5.92 Å². The van der Waals surface area contributed by atoms with E-state index in [0.717, 1.165) is 0 Å². The van der Waals surface area contributed by atoms with Gasteiger partial charge in [0.25, 0.3) is 0 Å². The number of hydrogen-bond donors (Lipinski definition) is 2. The van der Waals surface area contributed by atoms with E-state index in [1.807, 2.05) is 13.8 Å². The monoisotopic (exact) mass is 146 g/mol. The van der Waals surface area contributed by atoms with E-state index in [4.69, 9.17) is 9.84 Å². The predicted octanol–water partition coefficient (Wildman–Crippen LogP) is -0.237. The van der Waals surface area contributed by atoms with Crippen molar-refractivity contribution in [3.63, 3.8) is 0 Å². The van der Waals surface area contributed by atoms with Crippen molar-refractivity contribution in [2.75, 3.05) is 6.61 Å². The first-order chi connectivity index (χ1) is 4.66. The molecule has 1 saturated heterocycles. The largest absolute Gasteiger partial charge is 0.394 e. The standard InChI is InChI=1S/C7H14O3/c1-4-6(3-8)10-5(2)7(4)9/h4-9H,3H2,1-2H3/t4-,5+,6-,7-/m1/s1. The third-order valence-electron chi connectivity index (χ3n) is 2.18. The molecule has 0 radical (unpaired) electrons. The maximum absolute atomic E-state index is 9.33. The Bertz CT molecular complexity index is 115. The lowest BCUT2D eigenvalue weighted by molar-refractivity contribution is -0.00171. The lowest BCUT2D eigenvalue weighted by atomic mass is 10.00. The number of aliphatic hydroxyl groups excluding tert-OH is 2. The Morgan fingerprint density at radius 2 is 2.00 bits per heavy atom. The zero-order valence-corrected chi connectivity index (χ0v) is 6.32. The summed E-state index contributed by atoms with van der Waals surface area (Å²) in [5.74, 6) is 0.0556. The van der Waals surface area contributed by atoms with Crippen LogP contribution in [0.3, 0.4) is 0 Å². The lowest BCUT2D eigenvalue weighted by Crippen LogP contribution is -2.24.